The van der Waals surface area contributed by atoms with Gasteiger partial charge in [-0.1, -0.05) is 0 Å². The molecule has 2 aromatic rings. The molecule has 0 fully saturated rings. The first-order valence-corrected chi connectivity index (χ1v) is 3.89. The normalized spacial score (nSPS) is 12.3. The van der Waals surface area contributed by atoms with Crippen molar-refractivity contribution >= 4 is 11.0 Å². The second-order valence-electron chi connectivity index (χ2n) is 2.96. The molecule has 2 aromatic heterocycles. The van der Waals surface area contributed by atoms with Gasteiger partial charge in [0.15, 0.2) is 0 Å². The zero-order valence-electron chi connectivity index (χ0n) is 7.26. The van der Waals surface area contributed by atoms with Crippen LogP contribution in [0.1, 0.15) is 5.56 Å². The van der Waals surface area contributed by atoms with Crippen LogP contribution in [0.4, 0.5) is 13.2 Å². The summed E-state index contributed by atoms with van der Waals surface area (Å²) >= 11 is 0. The van der Waals surface area contributed by atoms with Gasteiger partial charge >= 0.3 is 6.18 Å². The van der Waals surface area contributed by atoms with Crippen molar-refractivity contribution in [3.05, 3.63) is 30.1 Å². The highest BCUT2D eigenvalue weighted by Crippen LogP contribution is 2.34. The summed E-state index contributed by atoms with van der Waals surface area (Å²) in [5, 5.41) is 0.110. The molecule has 73 valence electrons. The second-order valence-corrected chi connectivity index (χ2v) is 2.96. The van der Waals surface area contributed by atoms with E-state index in [2.05, 4.69) is 11.2 Å². The van der Waals surface area contributed by atoms with Gasteiger partial charge in [0.1, 0.15) is 5.65 Å². The summed E-state index contributed by atoms with van der Waals surface area (Å²) in [6.07, 6.45) is -0.795. The largest absolute Gasteiger partial charge is 0.418 e. The van der Waals surface area contributed by atoms with Crippen molar-refractivity contribution < 1.29 is 13.2 Å². The Labute approximate surface area is 78.0 Å². The zero-order chi connectivity index (χ0) is 10.3. The van der Waals surface area contributed by atoms with E-state index in [1.807, 2.05) is 0 Å². The van der Waals surface area contributed by atoms with Crippen LogP contribution in [0.3, 0.4) is 0 Å². The van der Waals surface area contributed by atoms with Crippen LogP contribution in [-0.4, -0.2) is 9.55 Å². The summed E-state index contributed by atoms with van der Waals surface area (Å²) in [5.41, 5.74) is -0.365. The zero-order valence-corrected chi connectivity index (χ0v) is 7.26. The van der Waals surface area contributed by atoms with Crippen LogP contribution in [-0.2, 0) is 13.2 Å². The summed E-state index contributed by atoms with van der Waals surface area (Å²) in [5.74, 6) is 0. The molecule has 0 aliphatic heterocycles. The fourth-order valence-electron chi connectivity index (χ4n) is 1.38. The number of pyridine rings is 1. The van der Waals surface area contributed by atoms with E-state index in [0.717, 1.165) is 6.20 Å². The Bertz CT molecular complexity index is 470. The number of rotatable bonds is 0. The van der Waals surface area contributed by atoms with Crippen LogP contribution in [0.2, 0.25) is 0 Å². The third-order valence-electron chi connectivity index (χ3n) is 1.99. The van der Waals surface area contributed by atoms with Gasteiger partial charge in [-0.15, -0.1) is 0 Å². The molecule has 14 heavy (non-hydrogen) atoms. The number of nitrogens with zero attached hydrogens (tertiary/aromatic N) is 2. The molecule has 0 bridgehead atoms. The smallest absolute Gasteiger partial charge is 0.335 e. The van der Waals surface area contributed by atoms with E-state index in [1.54, 1.807) is 0 Å². The summed E-state index contributed by atoms with van der Waals surface area (Å²) in [6.45, 7) is 0. The predicted molar refractivity (Wildman–Crippen MR) is 44.6 cm³/mol. The van der Waals surface area contributed by atoms with Gasteiger partial charge in [0.05, 0.1) is 11.8 Å². The minimum Gasteiger partial charge on any atom is -0.335 e. The first-order chi connectivity index (χ1) is 6.50. The molecular weight excluding hydrogens is 193 g/mol. The molecule has 2 nitrogen and oxygen atoms in total. The van der Waals surface area contributed by atoms with Crippen LogP contribution in [0.5, 0.6) is 0 Å². The first-order valence-electron chi connectivity index (χ1n) is 3.89. The molecule has 0 aromatic carbocycles. The molecule has 0 aliphatic carbocycles. The van der Waals surface area contributed by atoms with Gasteiger partial charge in [0.2, 0.25) is 0 Å². The number of aryl methyl sites for hydroxylation is 1. The van der Waals surface area contributed by atoms with E-state index in [1.165, 1.54) is 23.7 Å². The number of aromatic nitrogens is 2. The van der Waals surface area contributed by atoms with Crippen molar-refractivity contribution in [3.8, 4) is 0 Å². The summed E-state index contributed by atoms with van der Waals surface area (Å²) in [4.78, 5) is 3.75. The lowest BCUT2D eigenvalue weighted by Crippen LogP contribution is -2.03. The molecule has 2 heterocycles. The Morgan fingerprint density at radius 3 is 2.79 bits per heavy atom. The Morgan fingerprint density at radius 1 is 1.43 bits per heavy atom. The molecule has 0 N–H and O–H groups in total. The maximum atomic E-state index is 12.5. The van der Waals surface area contributed by atoms with Crippen LogP contribution < -0.4 is 0 Å². The van der Waals surface area contributed by atoms with E-state index < -0.39 is 11.7 Å². The third kappa shape index (κ3) is 1.25. The van der Waals surface area contributed by atoms with E-state index in [9.17, 15) is 13.2 Å². The minimum atomic E-state index is -4.33. The Hall–Kier alpha value is -1.52. The molecule has 0 amide bonds. The average molecular weight is 199 g/mol. The van der Waals surface area contributed by atoms with Gasteiger partial charge in [0, 0.05) is 18.6 Å². The Kier molecular flexibility index (Phi) is 1.77. The third-order valence-corrected chi connectivity index (χ3v) is 1.99. The van der Waals surface area contributed by atoms with Gasteiger partial charge in [-0.25, -0.2) is 4.98 Å². The highest BCUT2D eigenvalue weighted by molar-refractivity contribution is 5.80. The van der Waals surface area contributed by atoms with Crippen LogP contribution in [0.25, 0.3) is 11.0 Å². The van der Waals surface area contributed by atoms with Crippen molar-refractivity contribution in [2.75, 3.05) is 0 Å². The van der Waals surface area contributed by atoms with Crippen molar-refractivity contribution in [1.82, 2.24) is 9.55 Å². The quantitative estimate of drug-likeness (QED) is 0.637. The number of fused-ring (bicyclic) bond motifs is 1. The first kappa shape index (κ1) is 9.05. The van der Waals surface area contributed by atoms with Gasteiger partial charge in [-0.05, 0) is 12.1 Å². The van der Waals surface area contributed by atoms with Crippen LogP contribution in [0.15, 0.2) is 18.3 Å². The van der Waals surface area contributed by atoms with Gasteiger partial charge in [-0.3, -0.25) is 0 Å². The standard InChI is InChI=1S/C9H6F3N2/c1-14-5-7(9(10,11)12)6-3-2-4-13-8(6)14/h2-3,5H,1H3. The predicted octanol–water partition coefficient (Wildman–Crippen LogP) is 2.39. The highest BCUT2D eigenvalue weighted by Gasteiger charge is 2.34. The maximum absolute atomic E-state index is 12.5. The van der Waals surface area contributed by atoms with Crippen LogP contribution >= 0.6 is 0 Å². The summed E-state index contributed by atoms with van der Waals surface area (Å²) in [7, 11) is 1.53. The van der Waals surface area contributed by atoms with Crippen molar-refractivity contribution in [2.45, 2.75) is 6.18 Å². The van der Waals surface area contributed by atoms with E-state index in [-0.39, 0.29) is 5.39 Å². The van der Waals surface area contributed by atoms with Crippen molar-refractivity contribution in [3.63, 3.8) is 0 Å². The molecule has 0 atom stereocenters. The summed E-state index contributed by atoms with van der Waals surface area (Å²) in [6, 6.07) is 2.74. The van der Waals surface area contributed by atoms with Crippen LogP contribution in [0, 0.1) is 6.20 Å². The summed E-state index contributed by atoms with van der Waals surface area (Å²) < 4.78 is 38.8. The van der Waals surface area contributed by atoms with Crippen molar-refractivity contribution in [1.29, 1.82) is 0 Å². The SMILES string of the molecule is Cn1cc(C(F)(F)F)c2cc[c]nc21. The molecule has 0 saturated carbocycles. The lowest BCUT2D eigenvalue weighted by molar-refractivity contribution is -0.136. The molecule has 5 heteroatoms. The van der Waals surface area contributed by atoms with E-state index in [4.69, 9.17) is 0 Å². The molecular formula is C9H6F3N2. The molecule has 0 saturated heterocycles. The van der Waals surface area contributed by atoms with E-state index >= 15 is 0 Å². The second kappa shape index (κ2) is 2.73. The van der Waals surface area contributed by atoms with Gasteiger partial charge in [-0.2, -0.15) is 13.2 Å². The monoisotopic (exact) mass is 199 g/mol. The average Bonchev–Trinajstić information content (AvgIpc) is 2.44. The molecule has 0 aliphatic rings. The number of alkyl halides is 3. The lowest BCUT2D eigenvalue weighted by atomic mass is 10.2. The molecule has 0 unspecified atom stereocenters. The van der Waals surface area contributed by atoms with E-state index in [0.29, 0.717) is 5.65 Å². The maximum Gasteiger partial charge on any atom is 0.418 e. The Morgan fingerprint density at radius 2 is 2.14 bits per heavy atom. The molecule has 1 radical (unpaired) electrons. The Balaban J connectivity index is 2.80. The minimum absolute atomic E-state index is 0.110. The fraction of sp³-hybridized carbons (Fsp3) is 0.222. The van der Waals surface area contributed by atoms with Crippen molar-refractivity contribution in [2.24, 2.45) is 7.05 Å². The number of halogens is 3. The lowest BCUT2D eigenvalue weighted by Gasteiger charge is -2.02. The fourth-order valence-corrected chi connectivity index (χ4v) is 1.38. The number of hydrogen-bond acceptors (Lipinski definition) is 1. The molecule has 0 spiro atoms. The topological polar surface area (TPSA) is 17.8 Å². The highest BCUT2D eigenvalue weighted by atomic mass is 19.4. The van der Waals surface area contributed by atoms with Gasteiger partial charge < -0.3 is 4.57 Å². The van der Waals surface area contributed by atoms with Gasteiger partial charge in [0.25, 0.3) is 0 Å². The molecule has 2 rings (SSSR count). The number of hydrogen-bond donors (Lipinski definition) is 0.